The molecule has 1 fully saturated rings. The second-order valence-corrected chi connectivity index (χ2v) is 6.43. The summed E-state index contributed by atoms with van der Waals surface area (Å²) in [6.07, 6.45) is 2.35. The number of amides is 2. The molecule has 2 aromatic rings. The standard InChI is InChI=1S/C20H24N2O4/c1-3-10-21-19(23)16-13-22(20(24)18-9-6-11-26-18)12-15(16)14-7-4-5-8-17(14)25-2/h4-9,11,15-16H,3,10,12-13H2,1-2H3,(H,21,23). The van der Waals surface area contributed by atoms with Crippen LogP contribution in [0.4, 0.5) is 0 Å². The number of benzene rings is 1. The SMILES string of the molecule is CCCNC(=O)C1CN(C(=O)c2ccco2)CC1c1ccccc1OC. The Morgan fingerprint density at radius 3 is 2.73 bits per heavy atom. The number of nitrogens with one attached hydrogen (secondary N) is 1. The molecule has 138 valence electrons. The average molecular weight is 356 g/mol. The summed E-state index contributed by atoms with van der Waals surface area (Å²) in [7, 11) is 1.62. The average Bonchev–Trinajstić information content (AvgIpc) is 3.35. The molecule has 1 aliphatic rings. The van der Waals surface area contributed by atoms with E-state index in [0.29, 0.717) is 25.4 Å². The Kier molecular flexibility index (Phi) is 5.61. The number of para-hydroxylation sites is 1. The summed E-state index contributed by atoms with van der Waals surface area (Å²) in [6, 6.07) is 11.0. The molecule has 1 aromatic carbocycles. The van der Waals surface area contributed by atoms with Crippen molar-refractivity contribution in [3.63, 3.8) is 0 Å². The summed E-state index contributed by atoms with van der Waals surface area (Å²) >= 11 is 0. The minimum absolute atomic E-state index is 0.0301. The number of carbonyl (C=O) groups excluding carboxylic acids is 2. The third-order valence-corrected chi connectivity index (χ3v) is 4.76. The molecule has 0 bridgehead atoms. The van der Waals surface area contributed by atoms with Gasteiger partial charge in [-0.2, -0.15) is 0 Å². The zero-order valence-electron chi connectivity index (χ0n) is 15.1. The van der Waals surface area contributed by atoms with Crippen LogP contribution < -0.4 is 10.1 Å². The first-order valence-corrected chi connectivity index (χ1v) is 8.89. The zero-order chi connectivity index (χ0) is 18.5. The number of likely N-dealkylation sites (tertiary alicyclic amines) is 1. The Morgan fingerprint density at radius 2 is 2.04 bits per heavy atom. The largest absolute Gasteiger partial charge is 0.496 e. The van der Waals surface area contributed by atoms with Crippen molar-refractivity contribution in [1.29, 1.82) is 0 Å². The van der Waals surface area contributed by atoms with Gasteiger partial charge in [0.25, 0.3) is 5.91 Å². The van der Waals surface area contributed by atoms with Gasteiger partial charge in [0.05, 0.1) is 19.3 Å². The fraction of sp³-hybridized carbons (Fsp3) is 0.400. The first-order valence-electron chi connectivity index (χ1n) is 8.89. The van der Waals surface area contributed by atoms with Crippen molar-refractivity contribution in [3.05, 3.63) is 54.0 Å². The van der Waals surface area contributed by atoms with Crippen molar-refractivity contribution in [2.45, 2.75) is 19.3 Å². The predicted molar refractivity (Wildman–Crippen MR) is 97.1 cm³/mol. The van der Waals surface area contributed by atoms with Crippen LogP contribution in [0.5, 0.6) is 5.75 Å². The highest BCUT2D eigenvalue weighted by molar-refractivity contribution is 5.92. The van der Waals surface area contributed by atoms with Crippen LogP contribution in [0.2, 0.25) is 0 Å². The summed E-state index contributed by atoms with van der Waals surface area (Å²) in [5.74, 6) is 0.355. The number of methoxy groups -OCH3 is 1. The number of nitrogens with zero attached hydrogens (tertiary/aromatic N) is 1. The van der Waals surface area contributed by atoms with E-state index in [9.17, 15) is 9.59 Å². The van der Waals surface area contributed by atoms with Crippen LogP contribution >= 0.6 is 0 Å². The zero-order valence-corrected chi connectivity index (χ0v) is 15.1. The maximum absolute atomic E-state index is 12.7. The molecule has 3 rings (SSSR count). The van der Waals surface area contributed by atoms with E-state index in [2.05, 4.69) is 5.32 Å². The van der Waals surface area contributed by atoms with Crippen molar-refractivity contribution in [3.8, 4) is 5.75 Å². The van der Waals surface area contributed by atoms with Crippen LogP contribution in [0.15, 0.2) is 47.1 Å². The van der Waals surface area contributed by atoms with E-state index in [4.69, 9.17) is 9.15 Å². The third kappa shape index (κ3) is 3.59. The van der Waals surface area contributed by atoms with Gasteiger partial charge in [-0.25, -0.2) is 0 Å². The lowest BCUT2D eigenvalue weighted by Gasteiger charge is -2.20. The van der Waals surface area contributed by atoms with Gasteiger partial charge >= 0.3 is 0 Å². The first-order chi connectivity index (χ1) is 12.7. The highest BCUT2D eigenvalue weighted by Crippen LogP contribution is 2.38. The van der Waals surface area contributed by atoms with Crippen LogP contribution in [0.25, 0.3) is 0 Å². The monoisotopic (exact) mass is 356 g/mol. The van der Waals surface area contributed by atoms with Gasteiger partial charge in [-0.1, -0.05) is 25.1 Å². The summed E-state index contributed by atoms with van der Waals surface area (Å²) in [4.78, 5) is 27.1. The summed E-state index contributed by atoms with van der Waals surface area (Å²) in [5, 5.41) is 2.96. The molecule has 6 heteroatoms. The highest BCUT2D eigenvalue weighted by Gasteiger charge is 2.42. The van der Waals surface area contributed by atoms with Crippen LogP contribution in [-0.4, -0.2) is 43.5 Å². The Hall–Kier alpha value is -2.76. The van der Waals surface area contributed by atoms with Crippen LogP contribution in [0.3, 0.4) is 0 Å². The van der Waals surface area contributed by atoms with E-state index in [-0.39, 0.29) is 23.7 Å². The van der Waals surface area contributed by atoms with Crippen molar-refractivity contribution in [2.24, 2.45) is 5.92 Å². The van der Waals surface area contributed by atoms with Gasteiger partial charge in [0, 0.05) is 25.6 Å². The van der Waals surface area contributed by atoms with Gasteiger partial charge < -0.3 is 19.4 Å². The first kappa shape index (κ1) is 18.0. The minimum Gasteiger partial charge on any atom is -0.496 e. The van der Waals surface area contributed by atoms with E-state index < -0.39 is 0 Å². The lowest BCUT2D eigenvalue weighted by Crippen LogP contribution is -2.36. The number of hydrogen-bond donors (Lipinski definition) is 1. The summed E-state index contributed by atoms with van der Waals surface area (Å²) in [6.45, 7) is 3.45. The summed E-state index contributed by atoms with van der Waals surface area (Å²) in [5.41, 5.74) is 0.946. The predicted octanol–water partition coefficient (Wildman–Crippen LogP) is 2.67. The smallest absolute Gasteiger partial charge is 0.289 e. The molecule has 0 radical (unpaired) electrons. The van der Waals surface area contributed by atoms with Gasteiger partial charge in [-0.15, -0.1) is 0 Å². The number of rotatable bonds is 6. The lowest BCUT2D eigenvalue weighted by molar-refractivity contribution is -0.124. The quantitative estimate of drug-likeness (QED) is 0.864. The third-order valence-electron chi connectivity index (χ3n) is 4.76. The Balaban J connectivity index is 1.88. The lowest BCUT2D eigenvalue weighted by atomic mass is 9.87. The number of furan rings is 1. The Morgan fingerprint density at radius 1 is 1.23 bits per heavy atom. The molecule has 6 nitrogen and oxygen atoms in total. The number of hydrogen-bond acceptors (Lipinski definition) is 4. The number of carbonyl (C=O) groups is 2. The molecule has 0 aliphatic carbocycles. The second-order valence-electron chi connectivity index (χ2n) is 6.43. The van der Waals surface area contributed by atoms with Crippen molar-refractivity contribution in [2.75, 3.05) is 26.7 Å². The van der Waals surface area contributed by atoms with Gasteiger partial charge in [0.2, 0.25) is 5.91 Å². The van der Waals surface area contributed by atoms with Crippen molar-refractivity contribution in [1.82, 2.24) is 10.2 Å². The molecule has 2 unspecified atom stereocenters. The van der Waals surface area contributed by atoms with E-state index in [1.807, 2.05) is 31.2 Å². The van der Waals surface area contributed by atoms with Crippen LogP contribution in [0, 0.1) is 5.92 Å². The molecule has 0 spiro atoms. The van der Waals surface area contributed by atoms with Gasteiger partial charge in [0.1, 0.15) is 5.75 Å². The van der Waals surface area contributed by atoms with E-state index in [1.54, 1.807) is 24.1 Å². The maximum atomic E-state index is 12.7. The molecule has 2 heterocycles. The molecule has 2 amide bonds. The van der Waals surface area contributed by atoms with Gasteiger partial charge in [0.15, 0.2) is 5.76 Å². The highest BCUT2D eigenvalue weighted by atomic mass is 16.5. The van der Waals surface area contributed by atoms with E-state index in [0.717, 1.165) is 17.7 Å². The van der Waals surface area contributed by atoms with E-state index in [1.165, 1.54) is 6.26 Å². The summed E-state index contributed by atoms with van der Waals surface area (Å²) < 4.78 is 10.7. The Labute approximate surface area is 153 Å². The topological polar surface area (TPSA) is 71.8 Å². The molecule has 1 N–H and O–H groups in total. The maximum Gasteiger partial charge on any atom is 0.289 e. The Bertz CT molecular complexity index is 757. The molecule has 26 heavy (non-hydrogen) atoms. The minimum atomic E-state index is -0.322. The van der Waals surface area contributed by atoms with Crippen molar-refractivity contribution < 1.29 is 18.7 Å². The normalized spacial score (nSPS) is 19.4. The van der Waals surface area contributed by atoms with Crippen molar-refractivity contribution >= 4 is 11.8 Å². The number of ether oxygens (including phenoxy) is 1. The van der Waals surface area contributed by atoms with Gasteiger partial charge in [-0.3, -0.25) is 9.59 Å². The van der Waals surface area contributed by atoms with Gasteiger partial charge in [-0.05, 0) is 30.2 Å². The molecule has 2 atom stereocenters. The van der Waals surface area contributed by atoms with Crippen LogP contribution in [0.1, 0.15) is 35.4 Å². The molecule has 0 saturated carbocycles. The molecular formula is C20H24N2O4. The molecule has 1 aromatic heterocycles. The van der Waals surface area contributed by atoms with Crippen LogP contribution in [-0.2, 0) is 4.79 Å². The molecule has 1 saturated heterocycles. The van der Waals surface area contributed by atoms with E-state index >= 15 is 0 Å². The fourth-order valence-electron chi connectivity index (χ4n) is 3.46. The molecular weight excluding hydrogens is 332 g/mol. The fourth-order valence-corrected chi connectivity index (χ4v) is 3.46. The molecule has 1 aliphatic heterocycles. The second kappa shape index (κ2) is 8.08.